The number of rotatable bonds is 30. The number of para-hydroxylation sites is 1. The third-order valence-corrected chi connectivity index (χ3v) is 32.7. The Balaban J connectivity index is 1.88. The average Bonchev–Trinajstić information content (AvgIpc) is 1.67. The van der Waals surface area contributed by atoms with Crippen molar-refractivity contribution in [1.29, 1.82) is 10.8 Å². The van der Waals surface area contributed by atoms with Crippen LogP contribution >= 0.6 is 0 Å². The number of nitrogens with two attached hydrogens (primary N) is 3. The van der Waals surface area contributed by atoms with Crippen molar-refractivity contribution in [2.75, 3.05) is 19.6 Å². The number of H-pyrrole nitrogens is 1. The quantitative estimate of drug-likeness (QED) is 0.0219. The Morgan fingerprint density at radius 1 is 0.514 bits per heavy atom. The second-order valence-electron chi connectivity index (χ2n) is 38.2. The van der Waals surface area contributed by atoms with E-state index >= 15 is 14.4 Å². The fourth-order valence-electron chi connectivity index (χ4n) is 16.5. The molecular formula is C96H149N19O25Se2. The van der Waals surface area contributed by atoms with E-state index in [0.29, 0.717) is 16.5 Å². The topological polar surface area (TPSA) is 725 Å². The number of Topliss-reactive ketones (excluding diaryl/α,β-unsaturated/α-hetero) is 8. The van der Waals surface area contributed by atoms with Gasteiger partial charge in [-0.1, -0.05) is 52.8 Å². The molecule has 12 amide bonds. The number of carbonyl (C=O) groups is 22. The molecule has 2 aliphatic rings. The molecule has 4 rings (SSSR count). The van der Waals surface area contributed by atoms with Gasteiger partial charge in [0.15, 0.2) is 29.3 Å². The molecule has 1 aromatic heterocycles. The monoisotopic (exact) mass is 2130 g/mol. The maximum absolute atomic E-state index is 15.2. The van der Waals surface area contributed by atoms with Crippen molar-refractivity contribution < 1.29 is 121 Å². The standard InChI is InChI=1S/C96H149N19O25Se2/c1-15-50(6)65-43-78(122)55(11)108-88(133)62(41-76(120)52(8)105-58(14)117)46-141-142-47-63(89(134)109-56(12)94(139)140)42-77(121)54(10)107-86(131)59(21-18-32-102-95(98)99)39-75(119)53(9)106-85(130)51(7)37-79(123)70(35-48(2)3)113-93(138)72(38-61-45-104-67-24-17-16-23-64(61)67)114-92(137)69(26-29-82(97)126)111-87(132)60(22-19-33-103-96(100)101)40-80(124)71(36-49(4)5)112-91(136)66(57(13)116)44-81(125)73-25-20-34-115(73)83(127)30-28-74(118)68(110-90(65)135)27-31-84(128)129/h16-17,23-24,45,48-57,59-60,62-63,65-66,68-73,104,116H,15,18-22,25-44,46-47H2,1-14H3,(H2,97,126)(H,105,117)(H,106,130)(H,107,131)(H,108,133)(H,109,134)(H,110,135)(H,111,132)(H,112,136)(H,113,138)(H,114,137)(H,128,129)(H,139,140)(H4,98,99,102)(H4,100,101,103)/t50?,51-,52+,53?,54?,55+,56?,57-,59-,60-,62?,63-,65+,66?,68+,69+,70+,71+,72+,73+/m1/s1. The van der Waals surface area contributed by atoms with Crippen LogP contribution in [0.2, 0.25) is 10.6 Å². The molecule has 20 atom stereocenters. The Kier molecular flexibility index (Phi) is 52.9. The number of fused-ring (bicyclic) bond motifs is 2. The number of aliphatic carboxylic acids is 2. The summed E-state index contributed by atoms with van der Waals surface area (Å²) in [6.45, 7) is 20.8. The van der Waals surface area contributed by atoms with Crippen LogP contribution in [-0.2, 0) is 112 Å². The van der Waals surface area contributed by atoms with Gasteiger partial charge < -0.3 is 63.9 Å². The Morgan fingerprint density at radius 2 is 1.00 bits per heavy atom. The van der Waals surface area contributed by atoms with Crippen molar-refractivity contribution >= 4 is 178 Å². The first-order valence-electron chi connectivity index (χ1n) is 48.5. The average molecular weight is 2130 g/mol. The Bertz CT molecular complexity index is 4820. The second kappa shape index (κ2) is 61.3. The van der Waals surface area contributed by atoms with Gasteiger partial charge in [-0.15, -0.1) is 0 Å². The normalized spacial score (nSPS) is 25.8. The molecule has 0 saturated carbocycles. The number of hydrogen-bond donors (Lipinski definition) is 21. The number of aromatic nitrogens is 1. The number of amides is 12. The molecule has 2 aliphatic heterocycles. The number of carboxylic acids is 2. The zero-order chi connectivity index (χ0) is 107. The van der Waals surface area contributed by atoms with Crippen LogP contribution in [0.3, 0.4) is 0 Å². The van der Waals surface area contributed by atoms with Gasteiger partial charge in [-0.3, -0.25) is 68.4 Å². The van der Waals surface area contributed by atoms with Gasteiger partial charge in [0.05, 0.1) is 30.1 Å². The van der Waals surface area contributed by atoms with Crippen LogP contribution < -0.4 is 81.0 Å². The van der Waals surface area contributed by atoms with E-state index in [1.807, 2.05) is 0 Å². The molecule has 24 N–H and O–H groups in total. The van der Waals surface area contributed by atoms with E-state index in [1.54, 1.807) is 72.0 Å². The number of carboxylic acid groups (broad SMARTS) is 2. The van der Waals surface area contributed by atoms with Crippen molar-refractivity contribution in [2.45, 2.75) is 328 Å². The van der Waals surface area contributed by atoms with Gasteiger partial charge >= 0.3 is 377 Å². The first kappa shape index (κ1) is 123. The van der Waals surface area contributed by atoms with Gasteiger partial charge in [0, 0.05) is 93.4 Å². The number of nitrogens with one attached hydrogen (secondary N) is 15. The number of aliphatic hydroxyl groups is 1. The van der Waals surface area contributed by atoms with Gasteiger partial charge in [0.1, 0.15) is 12.1 Å². The SMILES string of the molecule is CCC(C)[C@@H]1CC(=O)[C@H](C)NC(=O)C(CC(=O)[C@H](C)NC(C)=O)C[Se][Se]C[C@H](C(=O)NC(C)C(=O)O)CC(=O)C(C)NC(=O)[C@H](CCCNC(=N)N)CC(=O)C(C)NC(=O)[C@H](C)CC(=O)[C@H](CC(C)C)NC(=O)[C@H](Cc2c[nH]c3ccccc23)NC(=O)[C@H](CCC(N)=O)NC(=O)[C@H](CCCNC(=N)N)CC(=O)[C@H](CC(C)C)NC(=O)C([C@@H](C)O)CC(=O)[C@@H]2CCCN2C(=O)CCC(=O)[C@H](CCC(=O)O)NC1=O. The van der Waals surface area contributed by atoms with Crippen LogP contribution in [-0.4, -0.2) is 285 Å². The third kappa shape index (κ3) is 42.8. The van der Waals surface area contributed by atoms with E-state index in [9.17, 15) is 106 Å². The molecule has 2 saturated heterocycles. The van der Waals surface area contributed by atoms with Crippen molar-refractivity contribution in [2.24, 2.45) is 76.4 Å². The Hall–Kier alpha value is -11.8. The van der Waals surface area contributed by atoms with E-state index < -0.39 is 371 Å². The van der Waals surface area contributed by atoms with Gasteiger partial charge in [0.25, 0.3) is 0 Å². The predicted octanol–water partition coefficient (Wildman–Crippen LogP) is 0.500. The molecule has 2 fully saturated rings. The van der Waals surface area contributed by atoms with E-state index in [2.05, 4.69) is 68.8 Å². The molecule has 46 heteroatoms. The molecule has 0 aliphatic carbocycles. The van der Waals surface area contributed by atoms with Crippen LogP contribution in [0, 0.1) is 70.0 Å². The molecular weight excluding hydrogens is 1980 g/mol. The van der Waals surface area contributed by atoms with Gasteiger partial charge in [-0.2, -0.15) is 0 Å². The van der Waals surface area contributed by atoms with E-state index in [-0.39, 0.29) is 106 Å². The van der Waals surface area contributed by atoms with E-state index in [4.69, 9.17) is 28.0 Å². The summed E-state index contributed by atoms with van der Waals surface area (Å²) in [5.74, 6) is -29.7. The summed E-state index contributed by atoms with van der Waals surface area (Å²) in [7, 11) is 0. The fourth-order valence-corrected chi connectivity index (χ4v) is 24.4. The number of carbonyl (C=O) groups excluding carboxylic acids is 20. The molecule has 0 bridgehead atoms. The van der Waals surface area contributed by atoms with Crippen molar-refractivity contribution in [3.05, 3.63) is 36.0 Å². The number of primary amides is 1. The molecule has 6 unspecified atom stereocenters. The number of aliphatic hydroxyl groups excluding tert-OH is 1. The van der Waals surface area contributed by atoms with Crippen LogP contribution in [0.25, 0.3) is 10.9 Å². The molecule has 790 valence electrons. The summed E-state index contributed by atoms with van der Waals surface area (Å²) in [6, 6.07) is -8.42. The number of guanidine groups is 2. The number of benzene rings is 1. The summed E-state index contributed by atoms with van der Waals surface area (Å²) < 4.78 is 0. The molecule has 142 heavy (non-hydrogen) atoms. The van der Waals surface area contributed by atoms with Crippen molar-refractivity contribution in [3.8, 4) is 0 Å². The first-order valence-corrected chi connectivity index (χ1v) is 55.3. The van der Waals surface area contributed by atoms with Crippen LogP contribution in [0.4, 0.5) is 0 Å². The van der Waals surface area contributed by atoms with Gasteiger partial charge in [-0.25, -0.2) is 0 Å². The minimum absolute atomic E-state index is 0.000189. The number of ketones is 8. The summed E-state index contributed by atoms with van der Waals surface area (Å²) in [6.07, 6.45) is -7.06. The van der Waals surface area contributed by atoms with E-state index in [1.165, 1.54) is 60.3 Å². The van der Waals surface area contributed by atoms with Crippen LogP contribution in [0.1, 0.15) is 244 Å². The third-order valence-electron chi connectivity index (χ3n) is 25.3. The zero-order valence-electron chi connectivity index (χ0n) is 83.7. The minimum atomic E-state index is -1.69. The fraction of sp³-hybridized carbons (Fsp3) is 0.667. The molecule has 2 aromatic rings. The zero-order valence-corrected chi connectivity index (χ0v) is 87.1. The Morgan fingerprint density at radius 3 is 1.55 bits per heavy atom. The maximum atomic E-state index is 15.2. The molecule has 0 radical (unpaired) electrons. The second-order valence-corrected chi connectivity index (χ2v) is 45.7. The number of nitrogens with zero attached hydrogens (tertiary/aromatic N) is 1. The summed E-state index contributed by atoms with van der Waals surface area (Å²) in [5, 5.41) is 78.4. The first-order chi connectivity index (χ1) is 66.6. The van der Waals surface area contributed by atoms with Crippen LogP contribution in [0.15, 0.2) is 30.5 Å². The van der Waals surface area contributed by atoms with Gasteiger partial charge in [0.2, 0.25) is 41.4 Å². The predicted molar refractivity (Wildman–Crippen MR) is 524 cm³/mol. The molecule has 44 nitrogen and oxygen atoms in total. The Labute approximate surface area is 838 Å². The molecule has 1 aromatic carbocycles. The summed E-state index contributed by atoms with van der Waals surface area (Å²) in [5.41, 5.74) is 17.9. The molecule has 3 heterocycles. The molecule has 0 spiro atoms. The van der Waals surface area contributed by atoms with Gasteiger partial charge in [-0.05, 0) is 75.3 Å². The van der Waals surface area contributed by atoms with Crippen molar-refractivity contribution in [3.63, 3.8) is 0 Å². The summed E-state index contributed by atoms with van der Waals surface area (Å²) >= 11 is -1.29. The number of aromatic amines is 1. The number of hydrogen-bond acceptors (Lipinski definition) is 25. The van der Waals surface area contributed by atoms with Crippen molar-refractivity contribution in [1.82, 2.24) is 73.7 Å². The van der Waals surface area contributed by atoms with Crippen LogP contribution in [0.5, 0.6) is 0 Å². The van der Waals surface area contributed by atoms with E-state index in [0.717, 1.165) is 0 Å². The summed E-state index contributed by atoms with van der Waals surface area (Å²) in [4.78, 5) is 315.